The summed E-state index contributed by atoms with van der Waals surface area (Å²) in [5, 5.41) is 9.04. The van der Waals surface area contributed by atoms with Gasteiger partial charge in [-0.05, 0) is 32.4 Å². The summed E-state index contributed by atoms with van der Waals surface area (Å²) in [5.74, 6) is -0.762. The molecule has 1 heterocycles. The third kappa shape index (κ3) is 2.15. The van der Waals surface area contributed by atoms with Gasteiger partial charge in [-0.3, -0.25) is 4.79 Å². The number of carbonyl (C=O) groups is 1. The molecule has 14 heavy (non-hydrogen) atoms. The minimum atomic E-state index is -0.762. The van der Waals surface area contributed by atoms with Crippen molar-refractivity contribution in [2.24, 2.45) is 0 Å². The van der Waals surface area contributed by atoms with Gasteiger partial charge in [-0.15, -0.1) is 11.3 Å². The molecule has 0 radical (unpaired) electrons. The van der Waals surface area contributed by atoms with E-state index in [1.165, 1.54) is 4.88 Å². The van der Waals surface area contributed by atoms with E-state index in [1.807, 2.05) is 12.1 Å². The summed E-state index contributed by atoms with van der Waals surface area (Å²) < 4.78 is 0. The van der Waals surface area contributed by atoms with Crippen molar-refractivity contribution in [2.75, 3.05) is 0 Å². The van der Waals surface area contributed by atoms with Crippen LogP contribution in [0.5, 0.6) is 0 Å². The summed E-state index contributed by atoms with van der Waals surface area (Å²) in [4.78, 5) is 13.2. The Balaban J connectivity index is 2.91. The van der Waals surface area contributed by atoms with Gasteiger partial charge in [0.25, 0.3) is 0 Å². The monoisotopic (exact) mass is 212 g/mol. The average molecular weight is 212 g/mol. The van der Waals surface area contributed by atoms with Crippen molar-refractivity contribution in [3.63, 3.8) is 0 Å². The van der Waals surface area contributed by atoms with E-state index < -0.39 is 11.4 Å². The molecule has 0 aliphatic rings. The number of thiophene rings is 1. The van der Waals surface area contributed by atoms with Crippen LogP contribution in [0.15, 0.2) is 12.1 Å². The molecule has 1 rings (SSSR count). The van der Waals surface area contributed by atoms with Gasteiger partial charge in [-0.1, -0.05) is 13.3 Å². The largest absolute Gasteiger partial charge is 0.481 e. The highest BCUT2D eigenvalue weighted by atomic mass is 32.1. The minimum absolute atomic E-state index is 0.753. The van der Waals surface area contributed by atoms with Gasteiger partial charge >= 0.3 is 5.97 Å². The maximum atomic E-state index is 11.0. The Morgan fingerprint density at radius 1 is 1.50 bits per heavy atom. The summed E-state index contributed by atoms with van der Waals surface area (Å²) in [6.45, 7) is 5.62. The van der Waals surface area contributed by atoms with Crippen molar-refractivity contribution >= 4 is 17.3 Å². The summed E-state index contributed by atoms with van der Waals surface area (Å²) >= 11 is 1.61. The molecule has 0 aliphatic carbocycles. The highest BCUT2D eigenvalue weighted by Crippen LogP contribution is 2.30. The average Bonchev–Trinajstić information content (AvgIpc) is 2.53. The van der Waals surface area contributed by atoms with Crippen molar-refractivity contribution in [1.82, 2.24) is 0 Å². The van der Waals surface area contributed by atoms with Gasteiger partial charge in [-0.2, -0.15) is 0 Å². The predicted molar refractivity (Wildman–Crippen MR) is 59.0 cm³/mol. The van der Waals surface area contributed by atoms with E-state index in [0.717, 1.165) is 17.7 Å². The van der Waals surface area contributed by atoms with Crippen molar-refractivity contribution in [3.8, 4) is 0 Å². The summed E-state index contributed by atoms with van der Waals surface area (Å²) in [6.07, 6.45) is 2.15. The third-order valence-corrected chi connectivity index (χ3v) is 3.78. The first-order chi connectivity index (χ1) is 6.48. The molecule has 0 saturated carbocycles. The number of aryl methyl sites for hydroxylation is 1. The fourth-order valence-electron chi connectivity index (χ4n) is 1.20. The Hall–Kier alpha value is -0.830. The summed E-state index contributed by atoms with van der Waals surface area (Å²) in [6, 6.07) is 3.97. The van der Waals surface area contributed by atoms with Crippen molar-refractivity contribution in [2.45, 2.75) is 39.0 Å². The lowest BCUT2D eigenvalue weighted by Crippen LogP contribution is -2.27. The van der Waals surface area contributed by atoms with Crippen LogP contribution < -0.4 is 0 Å². The molecule has 0 aliphatic heterocycles. The SMILES string of the molecule is CCCc1ccc(C(C)(C)C(=O)O)s1. The number of hydrogen-bond donors (Lipinski definition) is 1. The maximum absolute atomic E-state index is 11.0. The molecule has 0 saturated heterocycles. The summed E-state index contributed by atoms with van der Waals surface area (Å²) in [5.41, 5.74) is -0.753. The summed E-state index contributed by atoms with van der Waals surface area (Å²) in [7, 11) is 0. The van der Waals surface area contributed by atoms with Gasteiger partial charge in [0, 0.05) is 9.75 Å². The molecule has 0 spiro atoms. The molecule has 1 aromatic heterocycles. The number of carboxylic acid groups (broad SMARTS) is 1. The van der Waals surface area contributed by atoms with Gasteiger partial charge < -0.3 is 5.11 Å². The van der Waals surface area contributed by atoms with Crippen LogP contribution in [0, 0.1) is 0 Å². The highest BCUT2D eigenvalue weighted by molar-refractivity contribution is 7.12. The van der Waals surface area contributed by atoms with Crippen LogP contribution in [0.4, 0.5) is 0 Å². The van der Waals surface area contributed by atoms with Crippen LogP contribution in [0.2, 0.25) is 0 Å². The lowest BCUT2D eigenvalue weighted by molar-refractivity contribution is -0.142. The Morgan fingerprint density at radius 3 is 2.64 bits per heavy atom. The van der Waals surface area contributed by atoms with Gasteiger partial charge in [0.15, 0.2) is 0 Å². The Kier molecular flexibility index (Phi) is 3.32. The van der Waals surface area contributed by atoms with Crippen LogP contribution in [0.25, 0.3) is 0 Å². The Morgan fingerprint density at radius 2 is 2.14 bits per heavy atom. The third-order valence-electron chi connectivity index (χ3n) is 2.31. The minimum Gasteiger partial charge on any atom is -0.481 e. The Bertz CT molecular complexity index is 326. The topological polar surface area (TPSA) is 37.3 Å². The van der Waals surface area contributed by atoms with Gasteiger partial charge in [0.05, 0.1) is 5.41 Å². The zero-order valence-corrected chi connectivity index (χ0v) is 9.65. The van der Waals surface area contributed by atoms with Crippen molar-refractivity contribution in [1.29, 1.82) is 0 Å². The number of carboxylic acids is 1. The molecule has 0 amide bonds. The quantitative estimate of drug-likeness (QED) is 0.832. The van der Waals surface area contributed by atoms with E-state index in [-0.39, 0.29) is 0 Å². The molecule has 0 fully saturated rings. The van der Waals surface area contributed by atoms with E-state index >= 15 is 0 Å². The number of rotatable bonds is 4. The van der Waals surface area contributed by atoms with E-state index in [0.29, 0.717) is 0 Å². The highest BCUT2D eigenvalue weighted by Gasteiger charge is 2.30. The molecule has 1 aromatic rings. The van der Waals surface area contributed by atoms with Crippen LogP contribution in [0.1, 0.15) is 36.9 Å². The molecule has 3 heteroatoms. The maximum Gasteiger partial charge on any atom is 0.314 e. The lowest BCUT2D eigenvalue weighted by Gasteiger charge is -2.16. The first-order valence-corrected chi connectivity index (χ1v) is 5.62. The van der Waals surface area contributed by atoms with Crippen molar-refractivity contribution in [3.05, 3.63) is 21.9 Å². The molecule has 0 bridgehead atoms. The standard InChI is InChI=1S/C11H16O2S/c1-4-5-8-6-7-9(14-8)11(2,3)10(12)13/h6-7H,4-5H2,1-3H3,(H,12,13). The van der Waals surface area contributed by atoms with Crippen LogP contribution >= 0.6 is 11.3 Å². The van der Waals surface area contributed by atoms with Crippen LogP contribution in [-0.4, -0.2) is 11.1 Å². The van der Waals surface area contributed by atoms with E-state index in [4.69, 9.17) is 5.11 Å². The molecule has 78 valence electrons. The molecular weight excluding hydrogens is 196 g/mol. The lowest BCUT2D eigenvalue weighted by atomic mass is 9.92. The molecule has 0 atom stereocenters. The second-order valence-electron chi connectivity index (χ2n) is 3.95. The van der Waals surface area contributed by atoms with E-state index in [1.54, 1.807) is 25.2 Å². The first-order valence-electron chi connectivity index (χ1n) is 4.81. The fourth-order valence-corrected chi connectivity index (χ4v) is 2.40. The second-order valence-corrected chi connectivity index (χ2v) is 5.11. The van der Waals surface area contributed by atoms with Gasteiger partial charge in [0.1, 0.15) is 0 Å². The molecule has 1 N–H and O–H groups in total. The van der Waals surface area contributed by atoms with E-state index in [9.17, 15) is 4.79 Å². The molecular formula is C11H16O2S. The van der Waals surface area contributed by atoms with Crippen LogP contribution in [-0.2, 0) is 16.6 Å². The molecule has 0 unspecified atom stereocenters. The number of aliphatic carboxylic acids is 1. The molecule has 2 nitrogen and oxygen atoms in total. The smallest absolute Gasteiger partial charge is 0.314 e. The first kappa shape index (κ1) is 11.2. The zero-order chi connectivity index (χ0) is 10.8. The Labute approximate surface area is 88.6 Å². The van der Waals surface area contributed by atoms with Gasteiger partial charge in [0.2, 0.25) is 0 Å². The predicted octanol–water partition coefficient (Wildman–Crippen LogP) is 3.06. The fraction of sp³-hybridized carbons (Fsp3) is 0.545. The number of hydrogen-bond acceptors (Lipinski definition) is 2. The van der Waals surface area contributed by atoms with Gasteiger partial charge in [-0.25, -0.2) is 0 Å². The van der Waals surface area contributed by atoms with Crippen LogP contribution in [0.3, 0.4) is 0 Å². The molecule has 0 aromatic carbocycles. The zero-order valence-electron chi connectivity index (χ0n) is 8.83. The second kappa shape index (κ2) is 4.13. The van der Waals surface area contributed by atoms with E-state index in [2.05, 4.69) is 6.92 Å². The normalized spacial score (nSPS) is 11.6. The van der Waals surface area contributed by atoms with Crippen molar-refractivity contribution < 1.29 is 9.90 Å².